The molecule has 0 spiro atoms. The number of benzene rings is 1. The lowest BCUT2D eigenvalue weighted by atomic mass is 9.92. The lowest BCUT2D eigenvalue weighted by Gasteiger charge is -2.39. The van der Waals surface area contributed by atoms with Gasteiger partial charge in [-0.1, -0.05) is 17.7 Å². The Bertz CT molecular complexity index is 1180. The number of likely N-dealkylation sites (N-methyl/N-ethyl adjacent to an activating group) is 1. The molecule has 3 aliphatic rings. The maximum atomic E-state index is 14.4. The van der Waals surface area contributed by atoms with Crippen molar-refractivity contribution in [3.8, 4) is 0 Å². The van der Waals surface area contributed by atoms with E-state index in [4.69, 9.17) is 11.6 Å². The van der Waals surface area contributed by atoms with Crippen molar-refractivity contribution < 1.29 is 18.7 Å². The van der Waals surface area contributed by atoms with Gasteiger partial charge in [-0.25, -0.2) is 8.78 Å². The Labute approximate surface area is 227 Å². The average molecular weight is 551 g/mol. The van der Waals surface area contributed by atoms with Crippen LogP contribution in [0.2, 0.25) is 5.02 Å². The molecular formula is C27H37ClF2N6O2. The van der Waals surface area contributed by atoms with Crippen molar-refractivity contribution in [3.05, 3.63) is 45.7 Å². The molecule has 1 aliphatic carbocycles. The molecule has 0 saturated carbocycles. The molecule has 5 rings (SSSR count). The van der Waals surface area contributed by atoms with Crippen LogP contribution in [-0.2, 0) is 24.2 Å². The summed E-state index contributed by atoms with van der Waals surface area (Å²) < 4.78 is 30.5. The zero-order valence-electron chi connectivity index (χ0n) is 22.3. The van der Waals surface area contributed by atoms with Gasteiger partial charge in [-0.2, -0.15) is 5.10 Å². The molecular weight excluding hydrogens is 514 g/mol. The van der Waals surface area contributed by atoms with E-state index in [-0.39, 0.29) is 37.0 Å². The van der Waals surface area contributed by atoms with Gasteiger partial charge in [-0.05, 0) is 45.0 Å². The van der Waals surface area contributed by atoms with Crippen molar-refractivity contribution in [1.82, 2.24) is 24.5 Å². The zero-order valence-corrected chi connectivity index (χ0v) is 23.1. The van der Waals surface area contributed by atoms with E-state index in [1.807, 2.05) is 37.1 Å². The SMILES string of the molecule is Cc1c(Cl)cccc1N1CCN(C(=O)Cn2nc(C(O)N3CCN(C)C(C)C3)c3c2CCC(F)(F)C3)CC1. The van der Waals surface area contributed by atoms with Gasteiger partial charge >= 0.3 is 0 Å². The van der Waals surface area contributed by atoms with Crippen LogP contribution < -0.4 is 4.90 Å². The number of aliphatic hydroxyl groups excluding tert-OH is 1. The summed E-state index contributed by atoms with van der Waals surface area (Å²) in [5.74, 6) is -2.94. The maximum Gasteiger partial charge on any atom is 0.252 e. The number of anilines is 1. The summed E-state index contributed by atoms with van der Waals surface area (Å²) in [5.41, 5.74) is 3.41. The number of aromatic nitrogens is 2. The quantitative estimate of drug-likeness (QED) is 0.617. The number of aliphatic hydroxyl groups is 1. The highest BCUT2D eigenvalue weighted by Crippen LogP contribution is 2.37. The van der Waals surface area contributed by atoms with Crippen molar-refractivity contribution in [2.24, 2.45) is 0 Å². The first kappa shape index (κ1) is 27.3. The van der Waals surface area contributed by atoms with Crippen LogP contribution in [0.4, 0.5) is 14.5 Å². The molecule has 8 nitrogen and oxygen atoms in total. The third-order valence-electron chi connectivity index (χ3n) is 8.44. The largest absolute Gasteiger partial charge is 0.372 e. The van der Waals surface area contributed by atoms with Crippen LogP contribution in [0.5, 0.6) is 0 Å². The lowest BCUT2D eigenvalue weighted by Crippen LogP contribution is -2.51. The van der Waals surface area contributed by atoms with Gasteiger partial charge in [0.2, 0.25) is 5.91 Å². The molecule has 1 N–H and O–H groups in total. The fourth-order valence-corrected chi connectivity index (χ4v) is 6.02. The van der Waals surface area contributed by atoms with E-state index in [1.165, 1.54) is 0 Å². The van der Waals surface area contributed by atoms with Crippen molar-refractivity contribution in [2.75, 3.05) is 57.8 Å². The molecule has 2 aromatic rings. The van der Waals surface area contributed by atoms with Gasteiger partial charge < -0.3 is 19.8 Å². The highest BCUT2D eigenvalue weighted by Gasteiger charge is 2.41. The molecule has 0 bridgehead atoms. The molecule has 208 valence electrons. The van der Waals surface area contributed by atoms with Gasteiger partial charge in [0, 0.05) is 86.7 Å². The van der Waals surface area contributed by atoms with Gasteiger partial charge in [0.15, 0.2) is 6.23 Å². The minimum atomic E-state index is -2.84. The first-order chi connectivity index (χ1) is 18.0. The van der Waals surface area contributed by atoms with Crippen LogP contribution in [0.25, 0.3) is 0 Å². The van der Waals surface area contributed by atoms with Gasteiger partial charge in [0.05, 0.1) is 0 Å². The van der Waals surface area contributed by atoms with Crippen LogP contribution in [0.1, 0.15) is 42.1 Å². The Morgan fingerprint density at radius 1 is 1.21 bits per heavy atom. The topological polar surface area (TPSA) is 68.1 Å². The molecule has 2 atom stereocenters. The van der Waals surface area contributed by atoms with Crippen LogP contribution in [0.15, 0.2) is 18.2 Å². The molecule has 38 heavy (non-hydrogen) atoms. The maximum absolute atomic E-state index is 14.4. The zero-order chi connectivity index (χ0) is 27.2. The van der Waals surface area contributed by atoms with E-state index in [1.54, 1.807) is 9.58 Å². The summed E-state index contributed by atoms with van der Waals surface area (Å²) in [6.07, 6.45) is -1.67. The monoisotopic (exact) mass is 550 g/mol. The molecule has 2 unspecified atom stereocenters. The van der Waals surface area contributed by atoms with E-state index in [0.717, 1.165) is 22.8 Å². The van der Waals surface area contributed by atoms with Crippen molar-refractivity contribution in [1.29, 1.82) is 0 Å². The number of hydrogen-bond acceptors (Lipinski definition) is 6. The Morgan fingerprint density at radius 2 is 1.95 bits per heavy atom. The highest BCUT2D eigenvalue weighted by molar-refractivity contribution is 6.31. The number of carbonyl (C=O) groups excluding carboxylic acids is 1. The van der Waals surface area contributed by atoms with Crippen molar-refractivity contribution in [3.63, 3.8) is 0 Å². The fraction of sp³-hybridized carbons (Fsp3) is 0.630. The molecule has 2 fully saturated rings. The number of amides is 1. The second-order valence-electron chi connectivity index (χ2n) is 11.0. The van der Waals surface area contributed by atoms with Gasteiger partial charge in [0.25, 0.3) is 5.92 Å². The number of halogens is 3. The van der Waals surface area contributed by atoms with E-state index >= 15 is 0 Å². The first-order valence-corrected chi connectivity index (χ1v) is 13.8. The number of nitrogens with zero attached hydrogens (tertiary/aromatic N) is 6. The highest BCUT2D eigenvalue weighted by atomic mass is 35.5. The van der Waals surface area contributed by atoms with E-state index in [9.17, 15) is 18.7 Å². The molecule has 11 heteroatoms. The predicted molar refractivity (Wildman–Crippen MR) is 143 cm³/mol. The molecule has 2 saturated heterocycles. The van der Waals surface area contributed by atoms with Crippen LogP contribution in [0, 0.1) is 6.92 Å². The predicted octanol–water partition coefficient (Wildman–Crippen LogP) is 2.94. The summed E-state index contributed by atoms with van der Waals surface area (Å²) in [6, 6.07) is 6.07. The lowest BCUT2D eigenvalue weighted by molar-refractivity contribution is -0.132. The summed E-state index contributed by atoms with van der Waals surface area (Å²) in [5, 5.41) is 16.5. The number of alkyl halides is 2. The molecule has 2 aliphatic heterocycles. The Kier molecular flexibility index (Phi) is 7.70. The molecule has 0 radical (unpaired) electrons. The normalized spacial score (nSPS) is 23.4. The molecule has 3 heterocycles. The fourth-order valence-electron chi connectivity index (χ4n) is 5.85. The molecule has 1 amide bonds. The van der Waals surface area contributed by atoms with Crippen molar-refractivity contribution >= 4 is 23.2 Å². The van der Waals surface area contributed by atoms with E-state index < -0.39 is 18.6 Å². The summed E-state index contributed by atoms with van der Waals surface area (Å²) >= 11 is 6.29. The number of carbonyl (C=O) groups is 1. The third-order valence-corrected chi connectivity index (χ3v) is 8.85. The van der Waals surface area contributed by atoms with Crippen LogP contribution in [-0.4, -0.2) is 100 Å². The summed E-state index contributed by atoms with van der Waals surface area (Å²) in [7, 11) is 2.03. The van der Waals surface area contributed by atoms with Gasteiger partial charge in [-0.3, -0.25) is 14.4 Å². The summed E-state index contributed by atoms with van der Waals surface area (Å²) in [4.78, 5) is 21.4. The van der Waals surface area contributed by atoms with Crippen LogP contribution >= 0.6 is 11.6 Å². The van der Waals surface area contributed by atoms with Gasteiger partial charge in [0.1, 0.15) is 12.2 Å². The van der Waals surface area contributed by atoms with E-state index in [0.29, 0.717) is 50.5 Å². The number of fused-ring (bicyclic) bond motifs is 1. The first-order valence-electron chi connectivity index (χ1n) is 13.4. The van der Waals surface area contributed by atoms with E-state index in [2.05, 4.69) is 21.8 Å². The smallest absolute Gasteiger partial charge is 0.252 e. The van der Waals surface area contributed by atoms with Gasteiger partial charge in [-0.15, -0.1) is 0 Å². The Hall–Kier alpha value is -2.27. The standard InChI is InChI=1S/C27H37ClF2N6O2/c1-18-16-35(10-9-32(18)3)26(38)25-20-15-27(29,30)8-7-23(20)36(31-25)17-24(37)34-13-11-33(12-14-34)22-6-4-5-21(28)19(22)2/h4-6,18,26,38H,7-17H2,1-3H3. The number of rotatable bonds is 5. The minimum absolute atomic E-state index is 0.0179. The van der Waals surface area contributed by atoms with Crippen LogP contribution in [0.3, 0.4) is 0 Å². The Morgan fingerprint density at radius 3 is 2.66 bits per heavy atom. The Balaban J connectivity index is 1.31. The second kappa shape index (κ2) is 10.7. The minimum Gasteiger partial charge on any atom is -0.372 e. The molecule has 1 aromatic heterocycles. The number of hydrogen-bond donors (Lipinski definition) is 1. The van der Waals surface area contributed by atoms with Crippen molar-refractivity contribution in [2.45, 2.75) is 57.8 Å². The average Bonchev–Trinajstić information content (AvgIpc) is 3.23. The second-order valence-corrected chi connectivity index (χ2v) is 11.4. The third kappa shape index (κ3) is 5.41. The number of piperazine rings is 2. The molecule has 1 aromatic carbocycles. The summed E-state index contributed by atoms with van der Waals surface area (Å²) in [6.45, 7) is 8.54.